The van der Waals surface area contributed by atoms with Crippen molar-refractivity contribution >= 4 is 17.3 Å². The average Bonchev–Trinajstić information content (AvgIpc) is 3.28. The van der Waals surface area contributed by atoms with Gasteiger partial charge < -0.3 is 10.2 Å². The molecule has 3 nitrogen and oxygen atoms in total. The molecule has 0 aromatic heterocycles. The standard InChI is InChI=1S/C24H21F3N2O/c25-24(26,27)18-13-11-17(12-14-18)19-7-1-2-8-20(19)23(30)28-21-9-3-4-10-22(21)29-15-5-6-16-29/h1-4,7-14H,5-6,15-16H2,(H,28,30). The fraction of sp³-hybridized carbons (Fsp3) is 0.208. The third-order valence-electron chi connectivity index (χ3n) is 5.29. The van der Waals surface area contributed by atoms with Crippen LogP contribution in [-0.4, -0.2) is 19.0 Å². The molecular formula is C24H21F3N2O. The largest absolute Gasteiger partial charge is 0.416 e. The molecule has 0 unspecified atom stereocenters. The highest BCUT2D eigenvalue weighted by molar-refractivity contribution is 6.10. The van der Waals surface area contributed by atoms with Crippen LogP contribution in [0.3, 0.4) is 0 Å². The summed E-state index contributed by atoms with van der Waals surface area (Å²) in [6, 6.07) is 19.5. The maximum Gasteiger partial charge on any atom is 0.416 e. The van der Waals surface area contributed by atoms with Crippen LogP contribution >= 0.6 is 0 Å². The highest BCUT2D eigenvalue weighted by Gasteiger charge is 2.30. The van der Waals surface area contributed by atoms with E-state index in [1.165, 1.54) is 12.1 Å². The van der Waals surface area contributed by atoms with E-state index in [-0.39, 0.29) is 5.91 Å². The van der Waals surface area contributed by atoms with E-state index in [4.69, 9.17) is 0 Å². The molecule has 0 aliphatic carbocycles. The molecule has 1 amide bonds. The van der Waals surface area contributed by atoms with Gasteiger partial charge in [0.1, 0.15) is 0 Å². The third kappa shape index (κ3) is 4.17. The number of benzene rings is 3. The summed E-state index contributed by atoms with van der Waals surface area (Å²) in [5.74, 6) is -0.294. The molecule has 0 spiro atoms. The first kappa shape index (κ1) is 20.0. The number of alkyl halides is 3. The molecule has 0 saturated carbocycles. The number of anilines is 2. The number of hydrogen-bond acceptors (Lipinski definition) is 2. The summed E-state index contributed by atoms with van der Waals surface area (Å²) < 4.78 is 38.6. The summed E-state index contributed by atoms with van der Waals surface area (Å²) in [4.78, 5) is 15.3. The quantitative estimate of drug-likeness (QED) is 0.553. The van der Waals surface area contributed by atoms with Crippen molar-refractivity contribution < 1.29 is 18.0 Å². The van der Waals surface area contributed by atoms with E-state index in [9.17, 15) is 18.0 Å². The van der Waals surface area contributed by atoms with Gasteiger partial charge in [0.15, 0.2) is 0 Å². The van der Waals surface area contributed by atoms with Crippen LogP contribution in [0, 0.1) is 0 Å². The van der Waals surface area contributed by atoms with Crippen molar-refractivity contribution in [3.8, 4) is 11.1 Å². The number of carbonyl (C=O) groups excluding carboxylic acids is 1. The van der Waals surface area contributed by atoms with Crippen LogP contribution in [0.1, 0.15) is 28.8 Å². The van der Waals surface area contributed by atoms with Crippen LogP contribution in [0.4, 0.5) is 24.5 Å². The lowest BCUT2D eigenvalue weighted by Crippen LogP contribution is -2.21. The molecule has 1 saturated heterocycles. The van der Waals surface area contributed by atoms with Crippen molar-refractivity contribution in [3.63, 3.8) is 0 Å². The highest BCUT2D eigenvalue weighted by atomic mass is 19.4. The average molecular weight is 410 g/mol. The van der Waals surface area contributed by atoms with Crippen LogP contribution in [0.25, 0.3) is 11.1 Å². The van der Waals surface area contributed by atoms with Gasteiger partial charge in [-0.15, -0.1) is 0 Å². The smallest absolute Gasteiger partial charge is 0.370 e. The Balaban J connectivity index is 1.62. The number of amides is 1. The fourth-order valence-corrected chi connectivity index (χ4v) is 3.77. The number of nitrogens with zero attached hydrogens (tertiary/aromatic N) is 1. The molecule has 6 heteroatoms. The number of hydrogen-bond donors (Lipinski definition) is 1. The number of nitrogens with one attached hydrogen (secondary N) is 1. The minimum atomic E-state index is -4.39. The third-order valence-corrected chi connectivity index (χ3v) is 5.29. The van der Waals surface area contributed by atoms with Gasteiger partial charge in [-0.1, -0.05) is 42.5 Å². The lowest BCUT2D eigenvalue weighted by Gasteiger charge is -2.21. The second-order valence-corrected chi connectivity index (χ2v) is 7.29. The van der Waals surface area contributed by atoms with Gasteiger partial charge in [0.05, 0.1) is 16.9 Å². The summed E-state index contributed by atoms with van der Waals surface area (Å²) in [6.45, 7) is 1.91. The van der Waals surface area contributed by atoms with Crippen LogP contribution in [0.5, 0.6) is 0 Å². The topological polar surface area (TPSA) is 32.3 Å². The van der Waals surface area contributed by atoms with E-state index in [0.717, 1.165) is 49.4 Å². The minimum Gasteiger partial charge on any atom is -0.370 e. The number of carbonyl (C=O) groups is 1. The van der Waals surface area contributed by atoms with Crippen molar-refractivity contribution in [1.29, 1.82) is 0 Å². The van der Waals surface area contributed by atoms with E-state index < -0.39 is 11.7 Å². The molecule has 0 radical (unpaired) electrons. The summed E-state index contributed by atoms with van der Waals surface area (Å²) in [5.41, 5.74) is 2.55. The van der Waals surface area contributed by atoms with Crippen LogP contribution in [-0.2, 0) is 6.18 Å². The first-order valence-corrected chi connectivity index (χ1v) is 9.85. The van der Waals surface area contributed by atoms with Crippen molar-refractivity contribution in [2.24, 2.45) is 0 Å². The molecule has 30 heavy (non-hydrogen) atoms. The van der Waals surface area contributed by atoms with Gasteiger partial charge >= 0.3 is 6.18 Å². The number of halogens is 3. The van der Waals surface area contributed by atoms with Crippen molar-refractivity contribution in [1.82, 2.24) is 0 Å². The van der Waals surface area contributed by atoms with E-state index in [1.54, 1.807) is 24.3 Å². The van der Waals surface area contributed by atoms with Crippen molar-refractivity contribution in [2.45, 2.75) is 19.0 Å². The Morgan fingerprint density at radius 2 is 1.47 bits per heavy atom. The molecule has 1 aliphatic heterocycles. The minimum absolute atomic E-state index is 0.294. The van der Waals surface area contributed by atoms with Crippen molar-refractivity contribution in [3.05, 3.63) is 83.9 Å². The predicted molar refractivity (Wildman–Crippen MR) is 113 cm³/mol. The normalized spacial score (nSPS) is 14.0. The number of rotatable bonds is 4. The van der Waals surface area contributed by atoms with Gasteiger partial charge in [-0.25, -0.2) is 0 Å². The zero-order valence-corrected chi connectivity index (χ0v) is 16.2. The molecular weight excluding hydrogens is 389 g/mol. The SMILES string of the molecule is O=C(Nc1ccccc1N1CCCC1)c1ccccc1-c1ccc(C(F)(F)F)cc1. The van der Waals surface area contributed by atoms with Gasteiger partial charge in [0, 0.05) is 18.7 Å². The Morgan fingerprint density at radius 1 is 0.833 bits per heavy atom. The van der Waals surface area contributed by atoms with Crippen molar-refractivity contribution in [2.75, 3.05) is 23.3 Å². The van der Waals surface area contributed by atoms with Crippen LogP contribution in [0.2, 0.25) is 0 Å². The summed E-state index contributed by atoms with van der Waals surface area (Å²) >= 11 is 0. The Bertz CT molecular complexity index is 1040. The second-order valence-electron chi connectivity index (χ2n) is 7.29. The lowest BCUT2D eigenvalue weighted by molar-refractivity contribution is -0.137. The Hall–Kier alpha value is -3.28. The molecule has 1 aliphatic rings. The molecule has 3 aromatic rings. The summed E-state index contributed by atoms with van der Waals surface area (Å²) in [7, 11) is 0. The molecule has 4 rings (SSSR count). The molecule has 0 atom stereocenters. The van der Waals surface area contributed by atoms with Gasteiger partial charge in [-0.3, -0.25) is 4.79 Å². The molecule has 0 bridgehead atoms. The maximum atomic E-state index is 13.1. The molecule has 1 fully saturated rings. The monoisotopic (exact) mass is 410 g/mol. The Morgan fingerprint density at radius 3 is 2.17 bits per heavy atom. The molecule has 3 aromatic carbocycles. The molecule has 1 N–H and O–H groups in total. The first-order chi connectivity index (χ1) is 14.4. The Labute approximate surface area is 173 Å². The fourth-order valence-electron chi connectivity index (χ4n) is 3.77. The predicted octanol–water partition coefficient (Wildman–Crippen LogP) is 6.22. The van der Waals surface area contributed by atoms with Gasteiger partial charge in [-0.05, 0) is 54.3 Å². The van der Waals surface area contributed by atoms with Gasteiger partial charge in [0.25, 0.3) is 5.91 Å². The van der Waals surface area contributed by atoms with E-state index in [2.05, 4.69) is 10.2 Å². The van der Waals surface area contributed by atoms with Gasteiger partial charge in [-0.2, -0.15) is 13.2 Å². The lowest BCUT2D eigenvalue weighted by atomic mass is 9.98. The zero-order chi connectivity index (χ0) is 21.1. The molecule has 154 valence electrons. The second kappa shape index (κ2) is 8.22. The molecule has 1 heterocycles. The van der Waals surface area contributed by atoms with Gasteiger partial charge in [0.2, 0.25) is 0 Å². The van der Waals surface area contributed by atoms with E-state index in [0.29, 0.717) is 16.7 Å². The summed E-state index contributed by atoms with van der Waals surface area (Å²) in [6.07, 6.45) is -2.15. The first-order valence-electron chi connectivity index (χ1n) is 9.85. The van der Waals surface area contributed by atoms with Crippen LogP contribution < -0.4 is 10.2 Å². The van der Waals surface area contributed by atoms with E-state index >= 15 is 0 Å². The highest BCUT2D eigenvalue weighted by Crippen LogP contribution is 2.33. The van der Waals surface area contributed by atoms with E-state index in [1.807, 2.05) is 24.3 Å². The summed E-state index contributed by atoms with van der Waals surface area (Å²) in [5, 5.41) is 2.99. The zero-order valence-electron chi connectivity index (χ0n) is 16.2. The number of para-hydroxylation sites is 2. The Kier molecular flexibility index (Phi) is 5.48. The maximum absolute atomic E-state index is 13.1. The van der Waals surface area contributed by atoms with Crippen LogP contribution in [0.15, 0.2) is 72.8 Å².